The van der Waals surface area contributed by atoms with Crippen LogP contribution < -0.4 is 0 Å². The highest BCUT2D eigenvalue weighted by Crippen LogP contribution is 2.33. The molecule has 0 amide bonds. The zero-order valence-electron chi connectivity index (χ0n) is 42.7. The van der Waals surface area contributed by atoms with Gasteiger partial charge >= 0.3 is 17.9 Å². The predicted molar refractivity (Wildman–Crippen MR) is 255 cm³/mol. The zero-order chi connectivity index (χ0) is 50.4. The molecule has 0 unspecified atom stereocenters. The highest BCUT2D eigenvalue weighted by molar-refractivity contribution is 5.84. The van der Waals surface area contributed by atoms with Crippen molar-refractivity contribution in [2.45, 2.75) is 161 Å². The minimum absolute atomic E-state index is 0.0231. The van der Waals surface area contributed by atoms with E-state index in [0.717, 1.165) is 5.57 Å². The van der Waals surface area contributed by atoms with Gasteiger partial charge in [-0.2, -0.15) is 0 Å². The molecule has 382 valence electrons. The molecule has 0 fully saturated rings. The fourth-order valence-electron chi connectivity index (χ4n) is 9.36. The molecule has 0 spiro atoms. The van der Waals surface area contributed by atoms with E-state index in [1.54, 1.807) is 61.7 Å². The van der Waals surface area contributed by atoms with Crippen LogP contribution in [0.5, 0.6) is 0 Å². The van der Waals surface area contributed by atoms with Crippen molar-refractivity contribution in [2.75, 3.05) is 49.8 Å². The number of carbonyl (C=O) groups is 4. The van der Waals surface area contributed by atoms with Gasteiger partial charge in [0.2, 0.25) is 0 Å². The van der Waals surface area contributed by atoms with Gasteiger partial charge in [0.25, 0.3) is 0 Å². The van der Waals surface area contributed by atoms with E-state index in [9.17, 15) is 24.3 Å². The fourth-order valence-corrected chi connectivity index (χ4v) is 9.36. The first-order valence-electron chi connectivity index (χ1n) is 23.7. The maximum Gasteiger partial charge on any atom is 0.331 e. The number of carbonyl (C=O) groups excluding carboxylic acids is 3. The molecule has 0 aromatic carbocycles. The number of allylic oxidation sites excluding steroid dienone is 2. The van der Waals surface area contributed by atoms with Gasteiger partial charge in [0.15, 0.2) is 0 Å². The highest BCUT2D eigenvalue weighted by atomic mass is 16.6. The molecule has 0 aromatic heterocycles. The number of carboxylic acid groups (broad SMARTS) is 1. The Balaban J connectivity index is 2.54. The van der Waals surface area contributed by atoms with Crippen molar-refractivity contribution >= 4 is 23.7 Å². The van der Waals surface area contributed by atoms with Crippen molar-refractivity contribution in [1.82, 2.24) is 0 Å². The Labute approximate surface area is 400 Å². The molecule has 16 atom stereocenters. The Bertz CT molecular complexity index is 1670. The fraction of sp³-hybridized carbons (Fsp3) is 0.731. The van der Waals surface area contributed by atoms with Crippen LogP contribution in [0.2, 0.25) is 0 Å². The summed E-state index contributed by atoms with van der Waals surface area (Å²) in [4.78, 5) is 51.1. The molecule has 2 N–H and O–H groups in total. The summed E-state index contributed by atoms with van der Waals surface area (Å²) in [5.41, 5.74) is 1.39. The number of ketones is 1. The second-order valence-corrected chi connectivity index (χ2v) is 18.6. The number of aliphatic carboxylic acids is 1. The first kappa shape index (κ1) is 59.6. The Morgan fingerprint density at radius 1 is 0.746 bits per heavy atom. The van der Waals surface area contributed by atoms with Gasteiger partial charge in [0.1, 0.15) is 24.1 Å². The number of rotatable bonds is 18. The summed E-state index contributed by atoms with van der Waals surface area (Å²) in [5, 5.41) is 20.8. The zero-order valence-corrected chi connectivity index (χ0v) is 42.7. The van der Waals surface area contributed by atoms with Crippen molar-refractivity contribution in [1.29, 1.82) is 0 Å². The van der Waals surface area contributed by atoms with Gasteiger partial charge in [-0.15, -0.1) is 0 Å². The molecule has 67 heavy (non-hydrogen) atoms. The summed E-state index contributed by atoms with van der Waals surface area (Å²) in [6.45, 7) is 13.6. The van der Waals surface area contributed by atoms with Crippen molar-refractivity contribution in [3.05, 3.63) is 59.8 Å². The summed E-state index contributed by atoms with van der Waals surface area (Å²) < 4.78 is 53.1. The maximum absolute atomic E-state index is 13.7. The number of carboxylic acids is 1. The van der Waals surface area contributed by atoms with Gasteiger partial charge in [0.05, 0.1) is 42.7 Å². The Morgan fingerprint density at radius 2 is 1.36 bits per heavy atom. The molecular weight excluding hydrogens is 865 g/mol. The summed E-state index contributed by atoms with van der Waals surface area (Å²) in [6.07, 6.45) is 11.4. The normalized spacial score (nSPS) is 33.3. The Kier molecular flexibility index (Phi) is 27.4. The number of hydrogen-bond donors (Lipinski definition) is 2. The lowest BCUT2D eigenvalue weighted by Gasteiger charge is -2.37. The van der Waals surface area contributed by atoms with Crippen LogP contribution in [0.4, 0.5) is 0 Å². The van der Waals surface area contributed by atoms with Gasteiger partial charge in [0, 0.05) is 117 Å². The lowest BCUT2D eigenvalue weighted by molar-refractivity contribution is -0.160. The van der Waals surface area contributed by atoms with Crippen LogP contribution in [0.15, 0.2) is 59.8 Å². The van der Waals surface area contributed by atoms with Gasteiger partial charge < -0.3 is 52.8 Å². The number of methoxy groups -OCH3 is 7. The van der Waals surface area contributed by atoms with E-state index in [2.05, 4.69) is 6.92 Å². The van der Waals surface area contributed by atoms with Crippen molar-refractivity contribution in [3.63, 3.8) is 0 Å². The molecule has 15 heteroatoms. The number of hydrogen-bond acceptors (Lipinski definition) is 14. The average molecular weight is 949 g/mol. The van der Waals surface area contributed by atoms with Crippen molar-refractivity contribution in [3.8, 4) is 0 Å². The number of esters is 2. The Hall–Kier alpha value is -3.54. The lowest BCUT2D eigenvalue weighted by Crippen LogP contribution is -2.46. The molecule has 2 rings (SSSR count). The van der Waals surface area contributed by atoms with E-state index in [-0.39, 0.29) is 73.5 Å². The molecule has 0 radical (unpaired) electrons. The van der Waals surface area contributed by atoms with E-state index >= 15 is 0 Å². The molecule has 0 saturated carbocycles. The molecule has 0 aliphatic carbocycles. The SMILES string of the molecule is CO[C@@H]1CC2=CC(=O)O[C@H]([C@@H](C)[C@@H](OC)C[C@@H](OC)/C=C/[C@H](C)[C@H](OC)C[C@@H](OC)/C=C/[C@H](C)[C@@H]([C@H](C)[C@H](OC)[C@H](C)CCC(=O)[C@H](C)[C@H](CCC(=O)O)OC)OC(=O)/C=C/C=C(\C)C1)[C@@H]2O. The van der Waals surface area contributed by atoms with E-state index in [1.807, 2.05) is 58.9 Å². The van der Waals surface area contributed by atoms with Crippen LogP contribution >= 0.6 is 0 Å². The van der Waals surface area contributed by atoms with Crippen LogP contribution in [0.1, 0.15) is 99.8 Å². The molecule has 0 aromatic rings. The summed E-state index contributed by atoms with van der Waals surface area (Å²) in [7, 11) is 11.2. The number of aliphatic hydroxyl groups excluding tert-OH is 1. The smallest absolute Gasteiger partial charge is 0.331 e. The monoisotopic (exact) mass is 949 g/mol. The first-order chi connectivity index (χ1) is 31.8. The maximum atomic E-state index is 13.7. The van der Waals surface area contributed by atoms with Crippen molar-refractivity contribution < 1.29 is 72.0 Å². The quantitative estimate of drug-likeness (QED) is 0.102. The van der Waals surface area contributed by atoms with Crippen LogP contribution in [0, 0.1) is 35.5 Å². The van der Waals surface area contributed by atoms with Crippen LogP contribution in [0.25, 0.3) is 0 Å². The van der Waals surface area contributed by atoms with Gasteiger partial charge in [-0.3, -0.25) is 9.59 Å². The van der Waals surface area contributed by atoms with Gasteiger partial charge in [-0.25, -0.2) is 9.59 Å². The molecular formula is C52H84O15. The summed E-state index contributed by atoms with van der Waals surface area (Å²) in [5.74, 6) is -3.75. The molecule has 2 aliphatic heterocycles. The minimum atomic E-state index is -1.09. The largest absolute Gasteiger partial charge is 0.481 e. The third-order valence-electron chi connectivity index (χ3n) is 13.8. The topological polar surface area (TPSA) is 192 Å². The number of Topliss-reactive ketones (excluding diaryl/α,β-unsaturated/α-hetero) is 1. The lowest BCUT2D eigenvalue weighted by atomic mass is 9.81. The standard InChI is InChI=1S/C52H84O15/c1-31-16-15-17-47(56)66-51(37(7)50(65-14)33(3)20-23-42(53)35(5)43(62-11)24-25-46(54)55)34(4)19-22-39(59-8)29-44(63-12)32(2)18-21-40(60-9)30-45(64-13)36(6)52-49(58)38(28-48(57)67-52)27-41(26-31)61-10/h15-19,21-22,28,32-37,39-41,43-45,49-52,58H,20,23-27,29-30H2,1-14H3,(H,54,55)/b17-15+,21-18+,22-19+,31-16+/t32-,33+,34-,35-,36-,37+,39-,40-,41-,43-,44+,45-,49+,50+,51-,52+/m0/s1. The van der Waals surface area contributed by atoms with Crippen LogP contribution in [-0.4, -0.2) is 145 Å². The number of fused-ring (bicyclic) bond motifs is 2. The first-order valence-corrected chi connectivity index (χ1v) is 23.7. The molecule has 2 aliphatic rings. The van der Waals surface area contributed by atoms with Crippen molar-refractivity contribution in [2.24, 2.45) is 35.5 Å². The number of cyclic esters (lactones) is 1. The van der Waals surface area contributed by atoms with Crippen LogP contribution in [-0.2, 0) is 61.8 Å². The molecule has 15 nitrogen and oxygen atoms in total. The van der Waals surface area contributed by atoms with E-state index in [0.29, 0.717) is 31.3 Å². The Morgan fingerprint density at radius 3 is 1.91 bits per heavy atom. The minimum Gasteiger partial charge on any atom is -0.481 e. The van der Waals surface area contributed by atoms with E-state index in [4.69, 9.17) is 47.7 Å². The van der Waals surface area contributed by atoms with E-state index < -0.39 is 72.5 Å². The van der Waals surface area contributed by atoms with Gasteiger partial charge in [-0.1, -0.05) is 83.6 Å². The third kappa shape index (κ3) is 19.4. The second-order valence-electron chi connectivity index (χ2n) is 18.6. The number of ether oxygens (including phenoxy) is 9. The summed E-state index contributed by atoms with van der Waals surface area (Å²) >= 11 is 0. The summed E-state index contributed by atoms with van der Waals surface area (Å²) in [6, 6.07) is 0. The van der Waals surface area contributed by atoms with Crippen LogP contribution in [0.3, 0.4) is 0 Å². The van der Waals surface area contributed by atoms with E-state index in [1.165, 1.54) is 19.3 Å². The predicted octanol–water partition coefficient (Wildman–Crippen LogP) is 7.44. The average Bonchev–Trinajstić information content (AvgIpc) is 3.30. The molecule has 0 saturated heterocycles. The highest BCUT2D eigenvalue weighted by Gasteiger charge is 2.40. The third-order valence-corrected chi connectivity index (χ3v) is 13.8. The van der Waals surface area contributed by atoms with Gasteiger partial charge in [-0.05, 0) is 44.1 Å². The second kappa shape index (κ2) is 30.8. The molecule has 2 bridgehead atoms. The number of aliphatic hydroxyl groups is 1. The molecule has 2 heterocycles.